The van der Waals surface area contributed by atoms with Crippen molar-refractivity contribution in [2.24, 2.45) is 40.1 Å². The van der Waals surface area contributed by atoms with E-state index in [1.807, 2.05) is 33.8 Å². The molecule has 0 radical (unpaired) electrons. The van der Waals surface area contributed by atoms with Crippen LogP contribution >= 0.6 is 0 Å². The Bertz CT molecular complexity index is 1380. The zero-order chi connectivity index (χ0) is 50.5. The number of aliphatic imine (C=N–C) groups is 1. The summed E-state index contributed by atoms with van der Waals surface area (Å²) in [6.07, 6.45) is 6.39. The SMILES string of the molecule is CCCCCCC1C(=O)OC(CCCN=C(N)N)C(C)C(O)C(C)C=C(C)CCCCC(O)CC(O)CC(O)CC(O)CC(O)CC=C(C)C(O)CCCC(O)CCCC(O)CCC(C)C1O. The Morgan fingerprint density at radius 1 is 0.642 bits per heavy atom. The minimum absolute atomic E-state index is 0.0135. The second kappa shape index (κ2) is 35.8. The molecule has 67 heavy (non-hydrogen) atoms. The standard InChI is InChI=1S/C52H99N3O12/c1-7-8-9-10-21-46-50(65)36(4)25-26-40(57)19-13-18-39(56)20-14-22-47(63)35(3)24-27-42(59)31-44(61)33-45(62)32-43(60)30-41(58)17-12-11-16-34(2)29-37(5)49(64)38(6)48(67-51(46)66)23-15-28-55-52(53)54/h24,29,36-50,56-65H,7-23,25-28,30-33H2,1-6H3,(H4,53,54,55). The van der Waals surface area contributed by atoms with Crippen LogP contribution in [0, 0.1) is 23.7 Å². The minimum Gasteiger partial charge on any atom is -0.462 e. The van der Waals surface area contributed by atoms with Crippen molar-refractivity contribution in [3.63, 3.8) is 0 Å². The fourth-order valence-electron chi connectivity index (χ4n) is 9.39. The van der Waals surface area contributed by atoms with E-state index in [4.69, 9.17) is 16.2 Å². The number of aliphatic hydroxyl groups excluding tert-OH is 10. The fourth-order valence-corrected chi connectivity index (χ4v) is 9.39. The van der Waals surface area contributed by atoms with Gasteiger partial charge in [0.25, 0.3) is 0 Å². The summed E-state index contributed by atoms with van der Waals surface area (Å²) in [5, 5.41) is 108. The Morgan fingerprint density at radius 3 is 1.82 bits per heavy atom. The molecule has 1 heterocycles. The Labute approximate surface area is 404 Å². The molecule has 0 fully saturated rings. The molecule has 0 aromatic carbocycles. The number of guanidine groups is 1. The van der Waals surface area contributed by atoms with Crippen molar-refractivity contribution in [3.8, 4) is 0 Å². The maximum absolute atomic E-state index is 14.2. The number of rotatable bonds is 9. The molecule has 0 aliphatic carbocycles. The Kier molecular flexibility index (Phi) is 33.6. The molecule has 15 nitrogen and oxygen atoms in total. The van der Waals surface area contributed by atoms with Crippen molar-refractivity contribution in [1.29, 1.82) is 0 Å². The molecule has 15 heteroatoms. The molecule has 1 aliphatic heterocycles. The van der Waals surface area contributed by atoms with E-state index in [9.17, 15) is 55.9 Å². The van der Waals surface area contributed by atoms with Gasteiger partial charge in [0.05, 0.1) is 67.0 Å². The number of allylic oxidation sites excluding steroid dienone is 1. The lowest BCUT2D eigenvalue weighted by atomic mass is 9.84. The average molecular weight is 958 g/mol. The number of nitrogens with zero attached hydrogens (tertiary/aromatic N) is 1. The topological polar surface area (TPSA) is 293 Å². The van der Waals surface area contributed by atoms with Gasteiger partial charge < -0.3 is 67.3 Å². The summed E-state index contributed by atoms with van der Waals surface area (Å²) >= 11 is 0. The zero-order valence-corrected chi connectivity index (χ0v) is 42.4. The first-order chi connectivity index (χ1) is 31.6. The maximum Gasteiger partial charge on any atom is 0.311 e. The molecule has 0 aromatic heterocycles. The number of cyclic esters (lactones) is 1. The van der Waals surface area contributed by atoms with Gasteiger partial charge in [0.1, 0.15) is 6.10 Å². The Hall–Kier alpha value is -2.18. The van der Waals surface area contributed by atoms with Crippen LogP contribution in [0.4, 0.5) is 0 Å². The average Bonchev–Trinajstić information content (AvgIpc) is 3.25. The quantitative estimate of drug-likeness (QED) is 0.0441. The third-order valence-corrected chi connectivity index (χ3v) is 13.9. The van der Waals surface area contributed by atoms with Gasteiger partial charge in [-0.25, -0.2) is 0 Å². The highest BCUT2D eigenvalue weighted by Crippen LogP contribution is 2.30. The molecule has 1 aliphatic rings. The molecule has 1 rings (SSSR count). The van der Waals surface area contributed by atoms with Crippen LogP contribution in [-0.4, -0.2) is 137 Å². The predicted molar refractivity (Wildman–Crippen MR) is 266 cm³/mol. The smallest absolute Gasteiger partial charge is 0.311 e. The highest BCUT2D eigenvalue weighted by atomic mass is 16.5. The van der Waals surface area contributed by atoms with E-state index in [0.717, 1.165) is 44.1 Å². The Morgan fingerprint density at radius 2 is 1.21 bits per heavy atom. The van der Waals surface area contributed by atoms with Crippen molar-refractivity contribution < 1.29 is 60.6 Å². The number of hydrogen-bond acceptors (Lipinski definition) is 13. The van der Waals surface area contributed by atoms with Gasteiger partial charge in [-0.15, -0.1) is 0 Å². The molecule has 0 aromatic rings. The number of unbranched alkanes of at least 4 members (excludes halogenated alkanes) is 3. The molecule has 0 saturated carbocycles. The van der Waals surface area contributed by atoms with Crippen LogP contribution in [0.1, 0.15) is 196 Å². The van der Waals surface area contributed by atoms with E-state index in [1.54, 1.807) is 13.0 Å². The minimum atomic E-state index is -1.02. The second-order valence-electron chi connectivity index (χ2n) is 20.5. The van der Waals surface area contributed by atoms with Crippen LogP contribution in [0.25, 0.3) is 0 Å². The summed E-state index contributed by atoms with van der Waals surface area (Å²) in [6.45, 7) is 11.9. The van der Waals surface area contributed by atoms with Gasteiger partial charge in [-0.05, 0) is 147 Å². The number of nitrogens with two attached hydrogens (primary N) is 2. The number of carbonyl (C=O) groups excluding carboxylic acids is 1. The van der Waals surface area contributed by atoms with Crippen LogP contribution < -0.4 is 11.5 Å². The van der Waals surface area contributed by atoms with E-state index in [0.29, 0.717) is 95.6 Å². The predicted octanol–water partition coefficient (Wildman–Crippen LogP) is 5.59. The summed E-state index contributed by atoms with van der Waals surface area (Å²) in [4.78, 5) is 18.3. The van der Waals surface area contributed by atoms with E-state index in [2.05, 4.69) is 11.9 Å². The largest absolute Gasteiger partial charge is 0.462 e. The van der Waals surface area contributed by atoms with E-state index >= 15 is 0 Å². The van der Waals surface area contributed by atoms with Crippen LogP contribution in [0.2, 0.25) is 0 Å². The summed E-state index contributed by atoms with van der Waals surface area (Å²) in [5.41, 5.74) is 12.9. The summed E-state index contributed by atoms with van der Waals surface area (Å²) in [6, 6.07) is 0. The van der Waals surface area contributed by atoms with E-state index in [-0.39, 0.29) is 49.9 Å². The highest BCUT2D eigenvalue weighted by Gasteiger charge is 2.36. The molecule has 14 N–H and O–H groups in total. The third-order valence-electron chi connectivity index (χ3n) is 13.9. The van der Waals surface area contributed by atoms with Crippen molar-refractivity contribution in [3.05, 3.63) is 23.3 Å². The first kappa shape index (κ1) is 62.8. The zero-order valence-electron chi connectivity index (χ0n) is 42.4. The first-order valence-electron chi connectivity index (χ1n) is 26.0. The summed E-state index contributed by atoms with van der Waals surface area (Å²) < 4.78 is 6.27. The molecule has 0 bridgehead atoms. The molecular weight excluding hydrogens is 859 g/mol. The van der Waals surface area contributed by atoms with Gasteiger partial charge in [0, 0.05) is 18.4 Å². The monoisotopic (exact) mass is 958 g/mol. The summed E-state index contributed by atoms with van der Waals surface area (Å²) in [5.74, 6) is -2.41. The van der Waals surface area contributed by atoms with Crippen LogP contribution in [0.5, 0.6) is 0 Å². The highest BCUT2D eigenvalue weighted by molar-refractivity contribution is 5.75. The van der Waals surface area contributed by atoms with Gasteiger partial charge in [-0.3, -0.25) is 9.79 Å². The van der Waals surface area contributed by atoms with Crippen LogP contribution in [-0.2, 0) is 9.53 Å². The van der Waals surface area contributed by atoms with Crippen molar-refractivity contribution in [2.45, 2.75) is 263 Å². The van der Waals surface area contributed by atoms with Crippen molar-refractivity contribution >= 4 is 11.9 Å². The first-order valence-corrected chi connectivity index (χ1v) is 26.0. The molecule has 15 unspecified atom stereocenters. The maximum atomic E-state index is 14.2. The number of aliphatic hydroxyl groups is 10. The lowest BCUT2D eigenvalue weighted by molar-refractivity contribution is -0.165. The second-order valence-corrected chi connectivity index (χ2v) is 20.5. The molecule has 0 spiro atoms. The van der Waals surface area contributed by atoms with Crippen molar-refractivity contribution in [2.75, 3.05) is 6.54 Å². The molecule has 394 valence electrons. The van der Waals surface area contributed by atoms with E-state index < -0.39 is 84.9 Å². The molecule has 0 amide bonds. The lowest BCUT2D eigenvalue weighted by Crippen LogP contribution is -2.41. The van der Waals surface area contributed by atoms with Gasteiger partial charge in [-0.1, -0.05) is 77.5 Å². The number of hydrogen-bond donors (Lipinski definition) is 12. The van der Waals surface area contributed by atoms with E-state index in [1.165, 1.54) is 0 Å². The van der Waals surface area contributed by atoms with Gasteiger partial charge in [0.2, 0.25) is 0 Å². The normalized spacial score (nSPS) is 35.2. The Balaban J connectivity index is 3.24. The number of esters is 1. The van der Waals surface area contributed by atoms with Gasteiger partial charge in [-0.2, -0.15) is 0 Å². The molecular formula is C52H99N3O12. The lowest BCUT2D eigenvalue weighted by Gasteiger charge is -2.33. The molecule has 0 saturated heterocycles. The number of ether oxygens (including phenoxy) is 1. The molecule has 15 atom stereocenters. The van der Waals surface area contributed by atoms with Gasteiger partial charge in [0.15, 0.2) is 5.96 Å². The third kappa shape index (κ3) is 28.9. The van der Waals surface area contributed by atoms with Crippen molar-refractivity contribution in [1.82, 2.24) is 0 Å². The van der Waals surface area contributed by atoms with Crippen LogP contribution in [0.3, 0.4) is 0 Å². The summed E-state index contributed by atoms with van der Waals surface area (Å²) in [7, 11) is 0. The van der Waals surface area contributed by atoms with Gasteiger partial charge >= 0.3 is 5.97 Å². The van der Waals surface area contributed by atoms with Crippen LogP contribution in [0.15, 0.2) is 28.3 Å². The number of carbonyl (C=O) groups is 1. The fraction of sp³-hybridized carbons (Fsp3) is 0.885.